The number of alkyl halides is 3. The highest BCUT2D eigenvalue weighted by Crippen LogP contribution is 2.35. The summed E-state index contributed by atoms with van der Waals surface area (Å²) in [5.74, 6) is -2.97. The molecule has 0 heterocycles. The van der Waals surface area contributed by atoms with Crippen LogP contribution in [-0.2, 0) is 6.18 Å². The van der Waals surface area contributed by atoms with E-state index in [2.05, 4.69) is 0 Å². The van der Waals surface area contributed by atoms with Crippen LogP contribution in [-0.4, -0.2) is 5.78 Å². The standard InChI is InChI=1S/C15H9F5O/c1-8(21)11-4-2-9(6-12(11)15(18,19)20)10-3-5-13(16)14(17)7-10/h2-7H,1H3. The Bertz CT molecular complexity index is 704. The van der Waals surface area contributed by atoms with Gasteiger partial charge in [0.15, 0.2) is 17.4 Å². The Morgan fingerprint density at radius 2 is 1.48 bits per heavy atom. The van der Waals surface area contributed by atoms with Crippen LogP contribution in [0.4, 0.5) is 22.0 Å². The number of carbonyl (C=O) groups is 1. The Labute approximate surface area is 117 Å². The molecule has 0 atom stereocenters. The lowest BCUT2D eigenvalue weighted by Gasteiger charge is -2.13. The van der Waals surface area contributed by atoms with E-state index in [1.807, 2.05) is 0 Å². The van der Waals surface area contributed by atoms with E-state index in [1.54, 1.807) is 0 Å². The van der Waals surface area contributed by atoms with Gasteiger partial charge in [-0.15, -0.1) is 0 Å². The minimum atomic E-state index is -4.71. The lowest BCUT2D eigenvalue weighted by Crippen LogP contribution is -2.11. The van der Waals surface area contributed by atoms with Crippen LogP contribution < -0.4 is 0 Å². The van der Waals surface area contributed by atoms with E-state index < -0.39 is 34.7 Å². The van der Waals surface area contributed by atoms with Crippen LogP contribution in [0.25, 0.3) is 11.1 Å². The first-order valence-electron chi connectivity index (χ1n) is 5.88. The molecule has 0 saturated carbocycles. The highest BCUT2D eigenvalue weighted by molar-refractivity contribution is 5.96. The van der Waals surface area contributed by atoms with Crippen LogP contribution in [0.5, 0.6) is 0 Å². The second-order valence-electron chi connectivity index (χ2n) is 4.44. The maximum Gasteiger partial charge on any atom is 0.417 e. The zero-order chi connectivity index (χ0) is 15.8. The summed E-state index contributed by atoms with van der Waals surface area (Å²) < 4.78 is 64.9. The van der Waals surface area contributed by atoms with Crippen LogP contribution >= 0.6 is 0 Å². The third-order valence-electron chi connectivity index (χ3n) is 2.96. The molecule has 110 valence electrons. The van der Waals surface area contributed by atoms with Crippen molar-refractivity contribution < 1.29 is 26.7 Å². The highest BCUT2D eigenvalue weighted by Gasteiger charge is 2.34. The summed E-state index contributed by atoms with van der Waals surface area (Å²) in [7, 11) is 0. The number of halogens is 5. The lowest BCUT2D eigenvalue weighted by atomic mass is 9.97. The number of rotatable bonds is 2. The van der Waals surface area contributed by atoms with Gasteiger partial charge < -0.3 is 0 Å². The molecule has 6 heteroatoms. The van der Waals surface area contributed by atoms with Gasteiger partial charge in [-0.1, -0.05) is 18.2 Å². The second-order valence-corrected chi connectivity index (χ2v) is 4.44. The SMILES string of the molecule is CC(=O)c1ccc(-c2ccc(F)c(F)c2)cc1C(F)(F)F. The number of hydrogen-bond acceptors (Lipinski definition) is 1. The van der Waals surface area contributed by atoms with E-state index in [-0.39, 0.29) is 11.1 Å². The third kappa shape index (κ3) is 3.09. The van der Waals surface area contributed by atoms with Crippen LogP contribution in [0.2, 0.25) is 0 Å². The summed E-state index contributed by atoms with van der Waals surface area (Å²) in [5.41, 5.74) is -1.42. The topological polar surface area (TPSA) is 17.1 Å². The first-order chi connectivity index (χ1) is 9.70. The molecule has 0 aliphatic rings. The van der Waals surface area contributed by atoms with Crippen molar-refractivity contribution in [2.45, 2.75) is 13.1 Å². The van der Waals surface area contributed by atoms with Crippen LogP contribution in [0.3, 0.4) is 0 Å². The molecule has 0 aromatic heterocycles. The van der Waals surface area contributed by atoms with Crippen LogP contribution in [0, 0.1) is 11.6 Å². The molecule has 0 N–H and O–H groups in total. The molecule has 0 amide bonds. The van der Waals surface area contributed by atoms with E-state index >= 15 is 0 Å². The van der Waals surface area contributed by atoms with Crippen molar-refractivity contribution >= 4 is 5.78 Å². The molecule has 2 aromatic carbocycles. The molecular formula is C15H9F5O. The number of hydrogen-bond donors (Lipinski definition) is 0. The molecule has 21 heavy (non-hydrogen) atoms. The van der Waals surface area contributed by atoms with E-state index in [9.17, 15) is 26.7 Å². The minimum Gasteiger partial charge on any atom is -0.294 e. The summed E-state index contributed by atoms with van der Waals surface area (Å²) in [6.07, 6.45) is -4.71. The van der Waals surface area contributed by atoms with E-state index in [4.69, 9.17) is 0 Å². The van der Waals surface area contributed by atoms with Gasteiger partial charge in [-0.05, 0) is 36.2 Å². The van der Waals surface area contributed by atoms with E-state index in [0.29, 0.717) is 0 Å². The van der Waals surface area contributed by atoms with Crippen LogP contribution in [0.1, 0.15) is 22.8 Å². The number of carbonyl (C=O) groups excluding carboxylic acids is 1. The van der Waals surface area contributed by atoms with Gasteiger partial charge in [-0.25, -0.2) is 8.78 Å². The predicted molar refractivity (Wildman–Crippen MR) is 66.8 cm³/mol. The molecule has 2 rings (SSSR count). The molecular weight excluding hydrogens is 291 g/mol. The summed E-state index contributed by atoms with van der Waals surface area (Å²) in [5, 5.41) is 0. The monoisotopic (exact) mass is 300 g/mol. The lowest BCUT2D eigenvalue weighted by molar-refractivity contribution is -0.137. The fourth-order valence-corrected chi connectivity index (χ4v) is 1.94. The number of benzene rings is 2. The van der Waals surface area contributed by atoms with Crippen molar-refractivity contribution in [3.05, 3.63) is 59.2 Å². The zero-order valence-electron chi connectivity index (χ0n) is 10.8. The Balaban J connectivity index is 2.61. The Morgan fingerprint density at radius 3 is 2.00 bits per heavy atom. The maximum absolute atomic E-state index is 13.2. The van der Waals surface area contributed by atoms with Gasteiger partial charge >= 0.3 is 6.18 Å². The van der Waals surface area contributed by atoms with Gasteiger partial charge in [0.25, 0.3) is 0 Å². The second kappa shape index (κ2) is 5.27. The smallest absolute Gasteiger partial charge is 0.294 e. The van der Waals surface area contributed by atoms with Gasteiger partial charge in [0.2, 0.25) is 0 Å². The van der Waals surface area contributed by atoms with E-state index in [0.717, 1.165) is 31.2 Å². The Kier molecular flexibility index (Phi) is 3.80. The van der Waals surface area contributed by atoms with Crippen molar-refractivity contribution in [3.63, 3.8) is 0 Å². The molecule has 0 bridgehead atoms. The average Bonchev–Trinajstić information content (AvgIpc) is 2.40. The van der Waals surface area contributed by atoms with Gasteiger partial charge in [0.05, 0.1) is 5.56 Å². The summed E-state index contributed by atoms with van der Waals surface area (Å²) in [6.45, 7) is 1.03. The number of ketones is 1. The molecule has 0 spiro atoms. The maximum atomic E-state index is 13.2. The molecule has 1 nitrogen and oxygen atoms in total. The minimum absolute atomic E-state index is 0.0474. The summed E-state index contributed by atoms with van der Waals surface area (Å²) in [4.78, 5) is 11.2. The van der Waals surface area contributed by atoms with Crippen LogP contribution in [0.15, 0.2) is 36.4 Å². The number of Topliss-reactive ketones (excluding diaryl/α,β-unsaturated/α-hetero) is 1. The van der Waals surface area contributed by atoms with Gasteiger partial charge in [0.1, 0.15) is 0 Å². The van der Waals surface area contributed by atoms with Crippen molar-refractivity contribution in [2.24, 2.45) is 0 Å². The molecule has 0 fully saturated rings. The van der Waals surface area contributed by atoms with Gasteiger partial charge in [-0.2, -0.15) is 13.2 Å². The molecule has 0 radical (unpaired) electrons. The predicted octanol–water partition coefficient (Wildman–Crippen LogP) is 4.85. The van der Waals surface area contributed by atoms with Gasteiger partial charge in [-0.3, -0.25) is 4.79 Å². The van der Waals surface area contributed by atoms with Gasteiger partial charge in [0, 0.05) is 5.56 Å². The van der Waals surface area contributed by atoms with Crippen molar-refractivity contribution in [3.8, 4) is 11.1 Å². The molecule has 0 saturated heterocycles. The molecule has 2 aromatic rings. The van der Waals surface area contributed by atoms with Crippen molar-refractivity contribution in [1.29, 1.82) is 0 Å². The summed E-state index contributed by atoms with van der Waals surface area (Å²) >= 11 is 0. The third-order valence-corrected chi connectivity index (χ3v) is 2.96. The van der Waals surface area contributed by atoms with Crippen molar-refractivity contribution in [2.75, 3.05) is 0 Å². The Hall–Kier alpha value is -2.24. The van der Waals surface area contributed by atoms with E-state index in [1.165, 1.54) is 12.1 Å². The quantitative estimate of drug-likeness (QED) is 0.572. The highest BCUT2D eigenvalue weighted by atomic mass is 19.4. The largest absolute Gasteiger partial charge is 0.417 e. The Morgan fingerprint density at radius 1 is 0.905 bits per heavy atom. The molecule has 0 unspecified atom stereocenters. The normalized spacial score (nSPS) is 11.5. The summed E-state index contributed by atoms with van der Waals surface area (Å²) in [6, 6.07) is 5.85. The molecule has 0 aliphatic carbocycles. The fourth-order valence-electron chi connectivity index (χ4n) is 1.94. The van der Waals surface area contributed by atoms with Crippen molar-refractivity contribution in [1.82, 2.24) is 0 Å². The first-order valence-corrected chi connectivity index (χ1v) is 5.88. The first kappa shape index (κ1) is 15.2. The zero-order valence-corrected chi connectivity index (χ0v) is 10.8. The average molecular weight is 300 g/mol. The fraction of sp³-hybridized carbons (Fsp3) is 0.133. The molecule has 0 aliphatic heterocycles.